The molecular formula is C8H4ClN3O. The van der Waals surface area contributed by atoms with Gasteiger partial charge in [0.15, 0.2) is 4.98 Å². The fourth-order valence-electron chi connectivity index (χ4n) is 1.23. The normalized spacial score (nSPS) is 10.2. The van der Waals surface area contributed by atoms with Crippen LogP contribution in [-0.2, 0) is 0 Å². The van der Waals surface area contributed by atoms with E-state index in [1.165, 1.54) is 0 Å². The molecule has 1 heterocycles. The van der Waals surface area contributed by atoms with Gasteiger partial charge in [-0.2, -0.15) is 0 Å². The lowest BCUT2D eigenvalue weighted by atomic mass is 10.2. The molecule has 0 unspecified atom stereocenters. The molecule has 0 spiro atoms. The summed E-state index contributed by atoms with van der Waals surface area (Å²) in [5, 5.41) is 20.8. The van der Waals surface area contributed by atoms with Crippen LogP contribution in [0.25, 0.3) is 15.9 Å². The first-order chi connectivity index (χ1) is 6.22. The summed E-state index contributed by atoms with van der Waals surface area (Å²) in [5.41, 5.74) is 0.594. The van der Waals surface area contributed by atoms with E-state index in [-0.39, 0.29) is 5.69 Å². The van der Waals surface area contributed by atoms with Crippen LogP contribution < -0.4 is 5.11 Å². The minimum absolute atomic E-state index is 0.0201. The molecule has 0 saturated carbocycles. The van der Waals surface area contributed by atoms with E-state index in [1.807, 2.05) is 0 Å². The van der Waals surface area contributed by atoms with Gasteiger partial charge >= 0.3 is 5.69 Å². The van der Waals surface area contributed by atoms with Crippen molar-refractivity contribution in [2.24, 2.45) is 0 Å². The minimum Gasteiger partial charge on any atom is -0.855 e. The van der Waals surface area contributed by atoms with E-state index in [0.717, 1.165) is 0 Å². The highest BCUT2D eigenvalue weighted by atomic mass is 35.5. The van der Waals surface area contributed by atoms with Gasteiger partial charge in [0.1, 0.15) is 0 Å². The Morgan fingerprint density at radius 2 is 2.23 bits per heavy atom. The molecule has 0 atom stereocenters. The molecule has 0 aliphatic rings. The number of benzene rings is 1. The van der Waals surface area contributed by atoms with Crippen molar-refractivity contribution in [3.05, 3.63) is 28.2 Å². The van der Waals surface area contributed by atoms with Crippen molar-refractivity contribution in [3.63, 3.8) is 0 Å². The Balaban J connectivity index is 2.88. The fraction of sp³-hybridized carbons (Fsp3) is 0. The Labute approximate surface area is 78.4 Å². The molecule has 1 aromatic carbocycles. The molecule has 0 fully saturated rings. The molecule has 2 rings (SSSR count). The van der Waals surface area contributed by atoms with Crippen molar-refractivity contribution < 1.29 is 5.11 Å². The third-order valence-corrected chi connectivity index (χ3v) is 2.04. The predicted octanol–water partition coefficient (Wildman–Crippen LogP) is 2.38. The van der Waals surface area contributed by atoms with Crippen LogP contribution in [-0.4, -0.2) is 4.98 Å². The maximum absolute atomic E-state index is 11.1. The number of diazo groups is 1. The lowest BCUT2D eigenvalue weighted by molar-refractivity contribution is -0.272. The van der Waals surface area contributed by atoms with Gasteiger partial charge in [0.25, 0.3) is 0 Å². The number of halogens is 1. The Bertz CT molecular complexity index is 512. The van der Waals surface area contributed by atoms with Gasteiger partial charge in [-0.15, -0.1) is 0 Å². The van der Waals surface area contributed by atoms with Gasteiger partial charge in [0.2, 0.25) is 5.39 Å². The zero-order valence-electron chi connectivity index (χ0n) is 6.41. The molecule has 0 bridgehead atoms. The molecule has 0 saturated heterocycles. The summed E-state index contributed by atoms with van der Waals surface area (Å²) in [7, 11) is 0. The molecule has 4 nitrogen and oxygen atoms in total. The standard InChI is InChI=1S/C8H4ClN3O/c9-4-1-2-5-6(3-4)11-8(13)7(5)12-10/h1-3,10H. The average Bonchev–Trinajstić information content (AvgIpc) is 2.39. The van der Waals surface area contributed by atoms with Crippen LogP contribution in [0.15, 0.2) is 18.2 Å². The molecular weight excluding hydrogens is 190 g/mol. The van der Waals surface area contributed by atoms with Gasteiger partial charge in [-0.05, 0) is 18.2 Å². The molecule has 1 aromatic heterocycles. The molecule has 13 heavy (non-hydrogen) atoms. The van der Waals surface area contributed by atoms with E-state index in [4.69, 9.17) is 17.0 Å². The van der Waals surface area contributed by atoms with Crippen LogP contribution in [0.4, 0.5) is 5.69 Å². The summed E-state index contributed by atoms with van der Waals surface area (Å²) >= 11 is 5.71. The van der Waals surface area contributed by atoms with E-state index in [9.17, 15) is 5.11 Å². The third-order valence-electron chi connectivity index (χ3n) is 1.80. The second-order valence-electron chi connectivity index (χ2n) is 2.59. The van der Waals surface area contributed by atoms with Crippen molar-refractivity contribution >= 4 is 28.2 Å². The first-order valence-corrected chi connectivity index (χ1v) is 3.93. The van der Waals surface area contributed by atoms with Gasteiger partial charge in [0, 0.05) is 5.02 Å². The summed E-state index contributed by atoms with van der Waals surface area (Å²) in [6.07, 6.45) is 0. The number of nitrogens with zero attached hydrogens (tertiary/aromatic N) is 2. The Hall–Kier alpha value is -1.73. The second-order valence-corrected chi connectivity index (χ2v) is 3.03. The SMILES string of the molecule is N#[N+]c1c([O-])[nH]c2cc(Cl)ccc12. The van der Waals surface area contributed by atoms with E-state index < -0.39 is 5.88 Å². The molecule has 2 aromatic rings. The van der Waals surface area contributed by atoms with Gasteiger partial charge in [-0.3, -0.25) is 0 Å². The summed E-state index contributed by atoms with van der Waals surface area (Å²) in [4.78, 5) is 5.43. The van der Waals surface area contributed by atoms with Crippen LogP contribution in [0.2, 0.25) is 5.02 Å². The van der Waals surface area contributed by atoms with E-state index in [1.54, 1.807) is 18.2 Å². The number of aromatic nitrogens is 1. The number of H-pyrrole nitrogens is 1. The monoisotopic (exact) mass is 193 g/mol. The summed E-state index contributed by atoms with van der Waals surface area (Å²) in [5.74, 6) is -0.417. The summed E-state index contributed by atoms with van der Waals surface area (Å²) in [6.45, 7) is 0. The summed E-state index contributed by atoms with van der Waals surface area (Å²) < 4.78 is 0. The Morgan fingerprint density at radius 3 is 2.92 bits per heavy atom. The number of hydrogen-bond donors (Lipinski definition) is 1. The number of hydrogen-bond acceptors (Lipinski definition) is 2. The topological polar surface area (TPSA) is 67.0 Å². The number of rotatable bonds is 0. The van der Waals surface area contributed by atoms with Crippen molar-refractivity contribution in [1.82, 2.24) is 4.98 Å². The second kappa shape index (κ2) is 2.64. The maximum atomic E-state index is 11.1. The first kappa shape index (κ1) is 7.90. The fourth-order valence-corrected chi connectivity index (χ4v) is 1.40. The summed E-state index contributed by atoms with van der Waals surface area (Å²) in [6, 6.07) is 4.86. The lowest BCUT2D eigenvalue weighted by Crippen LogP contribution is -1.87. The molecule has 5 heteroatoms. The molecule has 0 radical (unpaired) electrons. The lowest BCUT2D eigenvalue weighted by Gasteiger charge is -1.90. The van der Waals surface area contributed by atoms with Crippen LogP contribution in [0, 0.1) is 5.39 Å². The molecule has 0 amide bonds. The molecule has 1 N–H and O–H groups in total. The van der Waals surface area contributed by atoms with Crippen molar-refractivity contribution in [2.75, 3.05) is 0 Å². The van der Waals surface area contributed by atoms with Crippen LogP contribution in [0.1, 0.15) is 0 Å². The van der Waals surface area contributed by atoms with Crippen LogP contribution in [0.3, 0.4) is 0 Å². The third kappa shape index (κ3) is 1.10. The Kier molecular flexibility index (Phi) is 1.61. The smallest absolute Gasteiger partial charge is 0.402 e. The van der Waals surface area contributed by atoms with E-state index >= 15 is 0 Å². The number of fused-ring (bicyclic) bond motifs is 1. The highest BCUT2D eigenvalue weighted by molar-refractivity contribution is 6.31. The van der Waals surface area contributed by atoms with Crippen LogP contribution in [0.5, 0.6) is 5.88 Å². The van der Waals surface area contributed by atoms with Gasteiger partial charge in [0.05, 0.1) is 16.8 Å². The highest BCUT2D eigenvalue weighted by Gasteiger charge is 2.15. The Morgan fingerprint density at radius 1 is 1.46 bits per heavy atom. The molecule has 64 valence electrons. The van der Waals surface area contributed by atoms with E-state index in [2.05, 4.69) is 9.96 Å². The van der Waals surface area contributed by atoms with Gasteiger partial charge in [-0.1, -0.05) is 11.6 Å². The van der Waals surface area contributed by atoms with Crippen LogP contribution >= 0.6 is 11.6 Å². The van der Waals surface area contributed by atoms with Crippen molar-refractivity contribution in [3.8, 4) is 5.88 Å². The zero-order chi connectivity index (χ0) is 9.42. The highest BCUT2D eigenvalue weighted by Crippen LogP contribution is 2.34. The quantitative estimate of drug-likeness (QED) is 0.653. The molecule has 0 aliphatic carbocycles. The minimum atomic E-state index is -0.417. The maximum Gasteiger partial charge on any atom is 0.402 e. The van der Waals surface area contributed by atoms with Gasteiger partial charge in [-0.25, -0.2) is 0 Å². The predicted molar refractivity (Wildman–Crippen MR) is 47.5 cm³/mol. The van der Waals surface area contributed by atoms with Crippen molar-refractivity contribution in [2.45, 2.75) is 0 Å². The van der Waals surface area contributed by atoms with Crippen molar-refractivity contribution in [1.29, 1.82) is 5.39 Å². The number of aromatic amines is 1. The number of nitrogens with one attached hydrogen (secondary N) is 1. The average molecular weight is 194 g/mol. The van der Waals surface area contributed by atoms with Gasteiger partial charge < -0.3 is 10.1 Å². The first-order valence-electron chi connectivity index (χ1n) is 3.55. The molecule has 0 aliphatic heterocycles. The zero-order valence-corrected chi connectivity index (χ0v) is 7.17. The van der Waals surface area contributed by atoms with E-state index in [0.29, 0.717) is 15.9 Å². The largest absolute Gasteiger partial charge is 0.855 e.